The van der Waals surface area contributed by atoms with Gasteiger partial charge in [0.2, 0.25) is 11.8 Å². The molecule has 2 aliphatic heterocycles. The molecule has 2 saturated heterocycles. The van der Waals surface area contributed by atoms with E-state index < -0.39 is 5.97 Å². The number of hydrogen-bond acceptors (Lipinski definition) is 3. The van der Waals surface area contributed by atoms with Gasteiger partial charge in [-0.3, -0.25) is 9.59 Å². The Kier molecular flexibility index (Phi) is 3.64. The molecular weight excluding hydrogens is 236 g/mol. The van der Waals surface area contributed by atoms with Crippen molar-refractivity contribution < 1.29 is 19.5 Å². The zero-order chi connectivity index (χ0) is 13.1. The number of carboxylic acids is 1. The molecule has 98 valence electrons. The molecule has 2 unspecified atom stereocenters. The third kappa shape index (κ3) is 2.88. The minimum Gasteiger partial charge on any atom is -0.478 e. The van der Waals surface area contributed by atoms with E-state index in [9.17, 15) is 14.4 Å². The van der Waals surface area contributed by atoms with E-state index in [1.165, 1.54) is 0 Å². The number of piperidine rings is 2. The molecule has 18 heavy (non-hydrogen) atoms. The summed E-state index contributed by atoms with van der Waals surface area (Å²) in [5.74, 6) is -1.02. The molecule has 6 heteroatoms. The van der Waals surface area contributed by atoms with Gasteiger partial charge >= 0.3 is 5.97 Å². The van der Waals surface area contributed by atoms with E-state index in [4.69, 9.17) is 5.11 Å². The van der Waals surface area contributed by atoms with Crippen LogP contribution >= 0.6 is 0 Å². The van der Waals surface area contributed by atoms with Crippen LogP contribution in [0.5, 0.6) is 0 Å². The summed E-state index contributed by atoms with van der Waals surface area (Å²) in [5.41, 5.74) is 0. The summed E-state index contributed by atoms with van der Waals surface area (Å²) in [6, 6.07) is 0.166. The highest BCUT2D eigenvalue weighted by molar-refractivity contribution is 5.94. The van der Waals surface area contributed by atoms with Crippen molar-refractivity contribution in [2.24, 2.45) is 5.92 Å². The van der Waals surface area contributed by atoms with Gasteiger partial charge in [0.05, 0.1) is 0 Å². The van der Waals surface area contributed by atoms with E-state index in [0.29, 0.717) is 25.4 Å². The fourth-order valence-corrected chi connectivity index (χ4v) is 2.56. The maximum absolute atomic E-state index is 11.7. The summed E-state index contributed by atoms with van der Waals surface area (Å²) < 4.78 is 0. The Morgan fingerprint density at radius 3 is 2.83 bits per heavy atom. The van der Waals surface area contributed by atoms with Crippen molar-refractivity contribution in [2.45, 2.75) is 25.3 Å². The lowest BCUT2D eigenvalue weighted by molar-refractivity contribution is -0.133. The molecule has 0 aromatic carbocycles. The quantitative estimate of drug-likeness (QED) is 0.664. The average molecular weight is 252 g/mol. The van der Waals surface area contributed by atoms with Crippen LogP contribution in [0.4, 0.5) is 0 Å². The van der Waals surface area contributed by atoms with Crippen molar-refractivity contribution in [1.82, 2.24) is 10.2 Å². The SMILES string of the molecule is O=C(O)/C=C/C(=O)N1CCC2NC(=O)CCC2C1. The first-order valence-corrected chi connectivity index (χ1v) is 6.05. The van der Waals surface area contributed by atoms with Crippen LogP contribution < -0.4 is 5.32 Å². The summed E-state index contributed by atoms with van der Waals surface area (Å²) in [7, 11) is 0. The maximum atomic E-state index is 11.7. The standard InChI is InChI=1S/C12H16N2O4/c15-10-2-1-8-7-14(6-5-9(8)13-10)11(16)3-4-12(17)18/h3-4,8-9H,1-2,5-7H2,(H,13,15)(H,17,18)/b4-3+. The fourth-order valence-electron chi connectivity index (χ4n) is 2.56. The van der Waals surface area contributed by atoms with E-state index in [1.807, 2.05) is 0 Å². The Morgan fingerprint density at radius 2 is 2.11 bits per heavy atom. The molecule has 2 amide bonds. The van der Waals surface area contributed by atoms with Crippen molar-refractivity contribution in [1.29, 1.82) is 0 Å². The van der Waals surface area contributed by atoms with Crippen molar-refractivity contribution in [2.75, 3.05) is 13.1 Å². The molecule has 0 aromatic rings. The Labute approximate surface area is 105 Å². The van der Waals surface area contributed by atoms with Gasteiger partial charge in [-0.1, -0.05) is 0 Å². The summed E-state index contributed by atoms with van der Waals surface area (Å²) in [6.07, 6.45) is 3.99. The highest BCUT2D eigenvalue weighted by atomic mass is 16.4. The number of nitrogens with one attached hydrogen (secondary N) is 1. The second-order valence-corrected chi connectivity index (χ2v) is 4.72. The smallest absolute Gasteiger partial charge is 0.328 e. The molecule has 6 nitrogen and oxygen atoms in total. The topological polar surface area (TPSA) is 86.7 Å². The second-order valence-electron chi connectivity index (χ2n) is 4.72. The molecule has 0 saturated carbocycles. The summed E-state index contributed by atoms with van der Waals surface area (Å²) in [4.78, 5) is 35.0. The maximum Gasteiger partial charge on any atom is 0.328 e. The molecule has 0 radical (unpaired) electrons. The van der Waals surface area contributed by atoms with E-state index in [2.05, 4.69) is 5.32 Å². The van der Waals surface area contributed by atoms with Crippen LogP contribution in [0.25, 0.3) is 0 Å². The van der Waals surface area contributed by atoms with Gasteiger partial charge in [-0.15, -0.1) is 0 Å². The Bertz CT molecular complexity index is 405. The lowest BCUT2D eigenvalue weighted by atomic mass is 9.85. The van der Waals surface area contributed by atoms with Crippen LogP contribution in [0.2, 0.25) is 0 Å². The number of carbonyl (C=O) groups excluding carboxylic acids is 2. The molecular formula is C12H16N2O4. The van der Waals surface area contributed by atoms with Crippen LogP contribution in [0, 0.1) is 5.92 Å². The van der Waals surface area contributed by atoms with Crippen LogP contribution in [0.3, 0.4) is 0 Å². The summed E-state index contributed by atoms with van der Waals surface area (Å²) in [6.45, 7) is 1.15. The van der Waals surface area contributed by atoms with Crippen LogP contribution in [-0.2, 0) is 14.4 Å². The molecule has 2 fully saturated rings. The molecule has 2 rings (SSSR count). The van der Waals surface area contributed by atoms with Gasteiger partial charge in [-0.05, 0) is 18.8 Å². The van der Waals surface area contributed by atoms with Gasteiger partial charge < -0.3 is 15.3 Å². The number of fused-ring (bicyclic) bond motifs is 1. The Balaban J connectivity index is 1.92. The second kappa shape index (κ2) is 5.20. The Hall–Kier alpha value is -1.85. The molecule has 0 bridgehead atoms. The molecule has 0 aliphatic carbocycles. The van der Waals surface area contributed by atoms with Gasteiger partial charge in [0, 0.05) is 37.7 Å². The van der Waals surface area contributed by atoms with Crippen LogP contribution in [-0.4, -0.2) is 46.9 Å². The first kappa shape index (κ1) is 12.6. The number of hydrogen-bond donors (Lipinski definition) is 2. The molecule has 0 aromatic heterocycles. The van der Waals surface area contributed by atoms with E-state index in [-0.39, 0.29) is 17.9 Å². The summed E-state index contributed by atoms with van der Waals surface area (Å²) in [5, 5.41) is 11.4. The fraction of sp³-hybridized carbons (Fsp3) is 0.583. The zero-order valence-electron chi connectivity index (χ0n) is 9.96. The van der Waals surface area contributed by atoms with E-state index in [0.717, 1.165) is 25.0 Å². The molecule has 2 aliphatic rings. The van der Waals surface area contributed by atoms with Gasteiger partial charge in [-0.2, -0.15) is 0 Å². The third-order valence-electron chi connectivity index (χ3n) is 3.50. The molecule has 0 spiro atoms. The Morgan fingerprint density at radius 1 is 1.33 bits per heavy atom. The highest BCUT2D eigenvalue weighted by Gasteiger charge is 2.34. The number of carbonyl (C=O) groups is 3. The first-order valence-electron chi connectivity index (χ1n) is 6.05. The zero-order valence-corrected chi connectivity index (χ0v) is 9.96. The number of rotatable bonds is 2. The van der Waals surface area contributed by atoms with Crippen molar-refractivity contribution in [3.05, 3.63) is 12.2 Å². The van der Waals surface area contributed by atoms with Crippen LogP contribution in [0.1, 0.15) is 19.3 Å². The van der Waals surface area contributed by atoms with Crippen molar-refractivity contribution >= 4 is 17.8 Å². The van der Waals surface area contributed by atoms with Gasteiger partial charge in [0.15, 0.2) is 0 Å². The van der Waals surface area contributed by atoms with Crippen molar-refractivity contribution in [3.8, 4) is 0 Å². The average Bonchev–Trinajstić information content (AvgIpc) is 2.35. The number of amides is 2. The van der Waals surface area contributed by atoms with Gasteiger partial charge in [0.25, 0.3) is 0 Å². The monoisotopic (exact) mass is 252 g/mol. The number of nitrogens with zero attached hydrogens (tertiary/aromatic N) is 1. The van der Waals surface area contributed by atoms with E-state index >= 15 is 0 Å². The highest BCUT2D eigenvalue weighted by Crippen LogP contribution is 2.25. The van der Waals surface area contributed by atoms with Crippen LogP contribution in [0.15, 0.2) is 12.2 Å². The lowest BCUT2D eigenvalue weighted by Crippen LogP contribution is -2.54. The number of likely N-dealkylation sites (tertiary alicyclic amines) is 1. The summed E-state index contributed by atoms with van der Waals surface area (Å²) >= 11 is 0. The molecule has 2 heterocycles. The van der Waals surface area contributed by atoms with E-state index in [1.54, 1.807) is 4.90 Å². The largest absolute Gasteiger partial charge is 0.478 e. The third-order valence-corrected chi connectivity index (χ3v) is 3.50. The van der Waals surface area contributed by atoms with Gasteiger partial charge in [0.1, 0.15) is 0 Å². The predicted octanol–water partition coefficient (Wildman–Crippen LogP) is -0.246. The predicted molar refractivity (Wildman–Crippen MR) is 62.6 cm³/mol. The lowest BCUT2D eigenvalue weighted by Gasteiger charge is -2.41. The number of carboxylic acid groups (broad SMARTS) is 1. The number of aliphatic carboxylic acids is 1. The van der Waals surface area contributed by atoms with Gasteiger partial charge in [-0.25, -0.2) is 4.79 Å². The molecule has 2 atom stereocenters. The first-order chi connectivity index (χ1) is 8.56. The van der Waals surface area contributed by atoms with Crippen molar-refractivity contribution in [3.63, 3.8) is 0 Å². The molecule has 2 N–H and O–H groups in total. The normalized spacial score (nSPS) is 27.8. The minimum atomic E-state index is -1.12. The minimum absolute atomic E-state index is 0.0850.